The fourth-order valence-corrected chi connectivity index (χ4v) is 3.93. The maximum absolute atomic E-state index is 12.4. The van der Waals surface area contributed by atoms with Gasteiger partial charge in [-0.15, -0.1) is 0 Å². The number of rotatable bonds is 5. The Labute approximate surface area is 139 Å². The van der Waals surface area contributed by atoms with Gasteiger partial charge in [-0.05, 0) is 36.8 Å². The number of hydrogen-bond donors (Lipinski definition) is 1. The number of nitro benzene ring substituents is 1. The summed E-state index contributed by atoms with van der Waals surface area (Å²) < 4.78 is 49.9. The van der Waals surface area contributed by atoms with Gasteiger partial charge >= 0.3 is 0 Å². The molecule has 0 saturated carbocycles. The van der Waals surface area contributed by atoms with Crippen molar-refractivity contribution in [2.24, 2.45) is 0 Å². The summed E-state index contributed by atoms with van der Waals surface area (Å²) in [6.45, 7) is 1.52. The van der Waals surface area contributed by atoms with Gasteiger partial charge in [0.2, 0.25) is 0 Å². The average molecular weight is 370 g/mol. The number of aryl methyl sites for hydroxylation is 1. The number of nitrogens with zero attached hydrogens (tertiary/aromatic N) is 1. The highest BCUT2D eigenvalue weighted by molar-refractivity contribution is 7.92. The van der Waals surface area contributed by atoms with E-state index in [0.29, 0.717) is 5.56 Å². The van der Waals surface area contributed by atoms with Gasteiger partial charge in [0, 0.05) is 24.1 Å². The van der Waals surface area contributed by atoms with E-state index in [1.165, 1.54) is 43.3 Å². The Balaban J connectivity index is 2.39. The third-order valence-electron chi connectivity index (χ3n) is 3.21. The second-order valence-electron chi connectivity index (χ2n) is 5.11. The van der Waals surface area contributed by atoms with Crippen LogP contribution in [0.4, 0.5) is 11.4 Å². The van der Waals surface area contributed by atoms with Gasteiger partial charge in [0.15, 0.2) is 9.84 Å². The van der Waals surface area contributed by atoms with Crippen molar-refractivity contribution in [2.45, 2.75) is 16.7 Å². The number of non-ortho nitro benzene ring substituents is 1. The summed E-state index contributed by atoms with van der Waals surface area (Å²) in [5.74, 6) is 0. The van der Waals surface area contributed by atoms with Crippen LogP contribution < -0.4 is 4.72 Å². The largest absolute Gasteiger partial charge is 0.280 e. The maximum Gasteiger partial charge on any atom is 0.270 e. The lowest BCUT2D eigenvalue weighted by molar-refractivity contribution is -0.385. The van der Waals surface area contributed by atoms with E-state index in [0.717, 1.165) is 12.3 Å². The molecule has 0 aliphatic carbocycles. The number of sulfone groups is 1. The topological polar surface area (TPSA) is 123 Å². The van der Waals surface area contributed by atoms with Crippen LogP contribution in [0.15, 0.2) is 52.3 Å². The first-order valence-corrected chi connectivity index (χ1v) is 9.96. The van der Waals surface area contributed by atoms with E-state index >= 15 is 0 Å². The number of nitrogens with one attached hydrogen (secondary N) is 1. The van der Waals surface area contributed by atoms with Crippen LogP contribution in [-0.2, 0) is 19.9 Å². The Morgan fingerprint density at radius 2 is 1.58 bits per heavy atom. The van der Waals surface area contributed by atoms with Gasteiger partial charge in [0.1, 0.15) is 0 Å². The molecule has 0 radical (unpaired) electrons. The Morgan fingerprint density at radius 3 is 2.08 bits per heavy atom. The van der Waals surface area contributed by atoms with Gasteiger partial charge in [-0.3, -0.25) is 14.8 Å². The molecule has 2 rings (SSSR count). The predicted molar refractivity (Wildman–Crippen MR) is 88.2 cm³/mol. The molecule has 0 bridgehead atoms. The van der Waals surface area contributed by atoms with Crippen molar-refractivity contribution in [2.75, 3.05) is 11.0 Å². The summed E-state index contributed by atoms with van der Waals surface area (Å²) in [6, 6.07) is 8.69. The molecule has 0 fully saturated rings. The third kappa shape index (κ3) is 3.89. The minimum atomic E-state index is -4.05. The Morgan fingerprint density at radius 1 is 1.00 bits per heavy atom. The van der Waals surface area contributed by atoms with Crippen molar-refractivity contribution in [3.05, 3.63) is 58.1 Å². The number of anilines is 1. The molecule has 10 heteroatoms. The highest BCUT2D eigenvalue weighted by atomic mass is 32.2. The summed E-state index contributed by atoms with van der Waals surface area (Å²) in [6.07, 6.45) is 1.04. The van der Waals surface area contributed by atoms with Crippen molar-refractivity contribution in [1.29, 1.82) is 0 Å². The Hall–Kier alpha value is -2.46. The number of nitro groups is 1. The van der Waals surface area contributed by atoms with Gasteiger partial charge < -0.3 is 0 Å². The maximum atomic E-state index is 12.4. The minimum absolute atomic E-state index is 0.0528. The van der Waals surface area contributed by atoms with Gasteiger partial charge in [0.25, 0.3) is 15.7 Å². The van der Waals surface area contributed by atoms with Crippen LogP contribution in [-0.4, -0.2) is 28.0 Å². The van der Waals surface area contributed by atoms with E-state index in [1.807, 2.05) is 0 Å². The zero-order valence-electron chi connectivity index (χ0n) is 12.8. The summed E-state index contributed by atoms with van der Waals surface area (Å²) >= 11 is 0. The minimum Gasteiger partial charge on any atom is -0.280 e. The first-order chi connectivity index (χ1) is 11.0. The molecule has 0 spiro atoms. The van der Waals surface area contributed by atoms with E-state index in [1.54, 1.807) is 0 Å². The first-order valence-electron chi connectivity index (χ1n) is 6.59. The first kappa shape index (κ1) is 17.9. The molecule has 0 saturated heterocycles. The molecular weight excluding hydrogens is 356 g/mol. The Kier molecular flexibility index (Phi) is 4.63. The molecule has 0 aliphatic heterocycles. The molecule has 2 aromatic carbocycles. The van der Waals surface area contributed by atoms with Crippen LogP contribution in [0, 0.1) is 17.0 Å². The lowest BCUT2D eigenvalue weighted by atomic mass is 10.2. The smallest absolute Gasteiger partial charge is 0.270 e. The predicted octanol–water partition coefficient (Wildman–Crippen LogP) is 2.11. The summed E-state index contributed by atoms with van der Waals surface area (Å²) in [5, 5.41) is 10.8. The zero-order chi connectivity index (χ0) is 18.1. The van der Waals surface area contributed by atoms with Gasteiger partial charge in [-0.2, -0.15) is 0 Å². The monoisotopic (exact) mass is 370 g/mol. The fourth-order valence-electron chi connectivity index (χ4n) is 1.97. The number of hydrogen-bond acceptors (Lipinski definition) is 6. The van der Waals surface area contributed by atoms with E-state index in [9.17, 15) is 26.9 Å². The molecule has 1 N–H and O–H groups in total. The molecule has 0 unspecified atom stereocenters. The Bertz CT molecular complexity index is 996. The summed E-state index contributed by atoms with van der Waals surface area (Å²) in [7, 11) is -7.44. The van der Waals surface area contributed by atoms with Crippen LogP contribution in [0.3, 0.4) is 0 Å². The molecule has 24 heavy (non-hydrogen) atoms. The lowest BCUT2D eigenvalue weighted by Gasteiger charge is -2.10. The molecule has 0 aliphatic rings. The third-order valence-corrected chi connectivity index (χ3v) is 5.86. The van der Waals surface area contributed by atoms with Crippen LogP contribution in [0.5, 0.6) is 0 Å². The molecular formula is C14H14N2O6S2. The van der Waals surface area contributed by atoms with Crippen molar-refractivity contribution in [3.63, 3.8) is 0 Å². The highest BCUT2D eigenvalue weighted by Crippen LogP contribution is 2.24. The summed E-state index contributed by atoms with van der Waals surface area (Å²) in [5.41, 5.74) is 0.155. The summed E-state index contributed by atoms with van der Waals surface area (Å²) in [4.78, 5) is 9.97. The number of sulfonamides is 1. The second-order valence-corrected chi connectivity index (χ2v) is 8.78. The average Bonchev–Trinajstić information content (AvgIpc) is 2.46. The second kappa shape index (κ2) is 6.21. The van der Waals surface area contributed by atoms with E-state index in [-0.39, 0.29) is 21.2 Å². The van der Waals surface area contributed by atoms with Crippen molar-refractivity contribution in [3.8, 4) is 0 Å². The van der Waals surface area contributed by atoms with Crippen LogP contribution in [0.25, 0.3) is 0 Å². The van der Waals surface area contributed by atoms with Gasteiger partial charge in [0.05, 0.1) is 14.7 Å². The lowest BCUT2D eigenvalue weighted by Crippen LogP contribution is -2.14. The molecule has 0 atom stereocenters. The van der Waals surface area contributed by atoms with Gasteiger partial charge in [-0.1, -0.05) is 6.07 Å². The van der Waals surface area contributed by atoms with E-state index < -0.39 is 24.8 Å². The molecule has 0 aromatic heterocycles. The van der Waals surface area contributed by atoms with Crippen LogP contribution >= 0.6 is 0 Å². The quantitative estimate of drug-likeness (QED) is 0.635. The normalized spacial score (nSPS) is 11.9. The number of benzene rings is 2. The molecule has 8 nitrogen and oxygen atoms in total. The van der Waals surface area contributed by atoms with Crippen LogP contribution in [0.2, 0.25) is 0 Å². The molecule has 0 amide bonds. The molecule has 128 valence electrons. The van der Waals surface area contributed by atoms with E-state index in [2.05, 4.69) is 4.72 Å². The SMILES string of the molecule is Cc1ccc([N+](=O)[O-])cc1S(=O)(=O)Nc1ccc(S(C)(=O)=O)cc1. The fraction of sp³-hybridized carbons (Fsp3) is 0.143. The van der Waals surface area contributed by atoms with E-state index in [4.69, 9.17) is 0 Å². The van der Waals surface area contributed by atoms with Gasteiger partial charge in [-0.25, -0.2) is 16.8 Å². The zero-order valence-corrected chi connectivity index (χ0v) is 14.4. The van der Waals surface area contributed by atoms with Crippen molar-refractivity contribution < 1.29 is 21.8 Å². The van der Waals surface area contributed by atoms with Crippen LogP contribution in [0.1, 0.15) is 5.56 Å². The van der Waals surface area contributed by atoms with Crippen molar-refractivity contribution in [1.82, 2.24) is 0 Å². The molecule has 2 aromatic rings. The highest BCUT2D eigenvalue weighted by Gasteiger charge is 2.21. The van der Waals surface area contributed by atoms with Crippen molar-refractivity contribution >= 4 is 31.2 Å². The standard InChI is InChI=1S/C14H14N2O6S2/c1-10-3-6-12(16(17)18)9-14(10)24(21,22)15-11-4-7-13(8-5-11)23(2,19)20/h3-9,15H,1-2H3. The molecule has 0 heterocycles.